The molecule has 0 fully saturated rings. The highest BCUT2D eigenvalue weighted by atomic mass is 35.5. The Morgan fingerprint density at radius 1 is 1.54 bits per heavy atom. The third kappa shape index (κ3) is 1.47. The predicted molar refractivity (Wildman–Crippen MR) is 50.0 cm³/mol. The van der Waals surface area contributed by atoms with Crippen LogP contribution < -0.4 is 5.32 Å². The fraction of sp³-hybridized carbons (Fsp3) is 0.222. The first-order valence-corrected chi connectivity index (χ1v) is 4.31. The van der Waals surface area contributed by atoms with Crippen LogP contribution in [0.1, 0.15) is 18.6 Å². The molecular weight excluding hydrogens is 190 g/mol. The average Bonchev–Trinajstić information content (AvgIpc) is 2.06. The molecule has 0 spiro atoms. The number of hydrogen-bond acceptors (Lipinski definition) is 2. The number of fused-ring (bicyclic) bond motifs is 1. The van der Waals surface area contributed by atoms with E-state index in [1.807, 2.05) is 6.92 Å². The fourth-order valence-corrected chi connectivity index (χ4v) is 1.53. The van der Waals surface area contributed by atoms with Gasteiger partial charge >= 0.3 is 6.09 Å². The van der Waals surface area contributed by atoms with Crippen LogP contribution in [0.4, 0.5) is 10.5 Å². The molecule has 0 aromatic heterocycles. The van der Waals surface area contributed by atoms with E-state index in [4.69, 9.17) is 16.3 Å². The van der Waals surface area contributed by atoms with Crippen molar-refractivity contribution >= 4 is 23.4 Å². The van der Waals surface area contributed by atoms with Gasteiger partial charge in [-0.2, -0.15) is 0 Å². The van der Waals surface area contributed by atoms with Crippen molar-refractivity contribution in [2.24, 2.45) is 0 Å². The molecule has 1 aliphatic heterocycles. The summed E-state index contributed by atoms with van der Waals surface area (Å²) in [5.41, 5.74) is 1.68. The molecule has 1 N–H and O–H groups in total. The molecule has 0 bridgehead atoms. The normalized spacial score (nSPS) is 20.2. The van der Waals surface area contributed by atoms with Crippen LogP contribution in [-0.4, -0.2) is 6.09 Å². The molecule has 13 heavy (non-hydrogen) atoms. The molecular formula is C9H8ClNO2. The summed E-state index contributed by atoms with van der Waals surface area (Å²) in [6.45, 7) is 1.81. The third-order valence-electron chi connectivity index (χ3n) is 1.97. The molecule has 4 heteroatoms. The Balaban J connectivity index is 2.49. The monoisotopic (exact) mass is 197 g/mol. The zero-order valence-electron chi connectivity index (χ0n) is 7.00. The van der Waals surface area contributed by atoms with Gasteiger partial charge in [-0.05, 0) is 25.1 Å². The van der Waals surface area contributed by atoms with Gasteiger partial charge in [-0.1, -0.05) is 11.6 Å². The molecule has 1 aromatic carbocycles. The standard InChI is InChI=1S/C9H8ClNO2/c1-5-7-4-6(10)2-3-8(7)11-9(12)13-5/h2-5H,1H3,(H,11,12). The highest BCUT2D eigenvalue weighted by Gasteiger charge is 2.22. The SMILES string of the molecule is CC1OC(=O)Nc2ccc(Cl)cc21. The quantitative estimate of drug-likeness (QED) is 0.695. The molecule has 0 aliphatic carbocycles. The smallest absolute Gasteiger partial charge is 0.412 e. The second kappa shape index (κ2) is 2.92. The average molecular weight is 198 g/mol. The Kier molecular flexibility index (Phi) is 1.88. The largest absolute Gasteiger partial charge is 0.441 e. The fourth-order valence-electron chi connectivity index (χ4n) is 1.35. The van der Waals surface area contributed by atoms with Gasteiger partial charge in [0.1, 0.15) is 6.10 Å². The van der Waals surface area contributed by atoms with Crippen LogP contribution in [0.25, 0.3) is 0 Å². The van der Waals surface area contributed by atoms with E-state index >= 15 is 0 Å². The lowest BCUT2D eigenvalue weighted by molar-refractivity contribution is 0.116. The Hall–Kier alpha value is -1.22. The molecule has 1 heterocycles. The van der Waals surface area contributed by atoms with Gasteiger partial charge < -0.3 is 4.74 Å². The van der Waals surface area contributed by atoms with Crippen molar-refractivity contribution in [2.45, 2.75) is 13.0 Å². The van der Waals surface area contributed by atoms with E-state index < -0.39 is 6.09 Å². The topological polar surface area (TPSA) is 38.3 Å². The van der Waals surface area contributed by atoms with Crippen molar-refractivity contribution in [3.63, 3.8) is 0 Å². The van der Waals surface area contributed by atoms with E-state index in [2.05, 4.69) is 5.32 Å². The molecule has 0 radical (unpaired) electrons. The van der Waals surface area contributed by atoms with Crippen LogP contribution in [0.2, 0.25) is 5.02 Å². The van der Waals surface area contributed by atoms with Crippen molar-refractivity contribution < 1.29 is 9.53 Å². The Bertz CT molecular complexity index is 365. The summed E-state index contributed by atoms with van der Waals surface area (Å²) < 4.78 is 4.96. The minimum atomic E-state index is -0.415. The summed E-state index contributed by atoms with van der Waals surface area (Å²) in [5, 5.41) is 3.24. The van der Waals surface area contributed by atoms with Crippen LogP contribution in [0.3, 0.4) is 0 Å². The Labute approximate surface area is 80.6 Å². The molecule has 3 nitrogen and oxygen atoms in total. The number of ether oxygens (including phenoxy) is 1. The van der Waals surface area contributed by atoms with E-state index in [1.54, 1.807) is 18.2 Å². The molecule has 68 valence electrons. The number of rotatable bonds is 0. The molecule has 0 saturated carbocycles. The van der Waals surface area contributed by atoms with Crippen molar-refractivity contribution in [1.29, 1.82) is 0 Å². The van der Waals surface area contributed by atoms with Gasteiger partial charge in [0.2, 0.25) is 0 Å². The number of hydrogen-bond donors (Lipinski definition) is 1. The first kappa shape index (κ1) is 8.38. The molecule has 2 rings (SSSR count). The molecule has 1 unspecified atom stereocenters. The van der Waals surface area contributed by atoms with Crippen molar-refractivity contribution in [3.05, 3.63) is 28.8 Å². The number of cyclic esters (lactones) is 1. The van der Waals surface area contributed by atoms with Gasteiger partial charge in [-0.25, -0.2) is 4.79 Å². The second-order valence-corrected chi connectivity index (χ2v) is 3.34. The highest BCUT2D eigenvalue weighted by Crippen LogP contribution is 2.32. The number of carbonyl (C=O) groups is 1. The lowest BCUT2D eigenvalue weighted by atomic mass is 10.1. The number of amides is 1. The van der Waals surface area contributed by atoms with Gasteiger partial charge in [-0.15, -0.1) is 0 Å². The maximum atomic E-state index is 11.0. The number of anilines is 1. The lowest BCUT2D eigenvalue weighted by Crippen LogP contribution is -2.22. The third-order valence-corrected chi connectivity index (χ3v) is 2.21. The molecule has 0 saturated heterocycles. The molecule has 1 aliphatic rings. The molecule has 1 amide bonds. The molecule has 1 aromatic rings. The van der Waals surface area contributed by atoms with Crippen LogP contribution >= 0.6 is 11.6 Å². The van der Waals surface area contributed by atoms with E-state index in [-0.39, 0.29) is 6.10 Å². The number of benzene rings is 1. The van der Waals surface area contributed by atoms with Gasteiger partial charge in [0.25, 0.3) is 0 Å². The summed E-state index contributed by atoms with van der Waals surface area (Å²) in [5.74, 6) is 0. The number of nitrogens with one attached hydrogen (secondary N) is 1. The maximum absolute atomic E-state index is 11.0. The highest BCUT2D eigenvalue weighted by molar-refractivity contribution is 6.30. The minimum Gasteiger partial charge on any atom is -0.441 e. The lowest BCUT2D eigenvalue weighted by Gasteiger charge is -2.23. The van der Waals surface area contributed by atoms with E-state index in [9.17, 15) is 4.79 Å². The first-order chi connectivity index (χ1) is 6.16. The van der Waals surface area contributed by atoms with Crippen molar-refractivity contribution in [3.8, 4) is 0 Å². The van der Waals surface area contributed by atoms with Gasteiger partial charge in [0.05, 0.1) is 5.69 Å². The van der Waals surface area contributed by atoms with E-state index in [0.29, 0.717) is 5.02 Å². The first-order valence-electron chi connectivity index (χ1n) is 3.94. The zero-order valence-corrected chi connectivity index (χ0v) is 7.76. The minimum absolute atomic E-state index is 0.234. The maximum Gasteiger partial charge on any atom is 0.412 e. The summed E-state index contributed by atoms with van der Waals surface area (Å²) in [7, 11) is 0. The van der Waals surface area contributed by atoms with Crippen molar-refractivity contribution in [1.82, 2.24) is 0 Å². The van der Waals surface area contributed by atoms with E-state index in [1.165, 1.54) is 0 Å². The van der Waals surface area contributed by atoms with Gasteiger partial charge in [0.15, 0.2) is 0 Å². The van der Waals surface area contributed by atoms with Gasteiger partial charge in [-0.3, -0.25) is 5.32 Å². The Morgan fingerprint density at radius 2 is 2.31 bits per heavy atom. The second-order valence-electron chi connectivity index (χ2n) is 2.90. The number of carbonyl (C=O) groups excluding carboxylic acids is 1. The van der Waals surface area contributed by atoms with Crippen molar-refractivity contribution in [2.75, 3.05) is 5.32 Å². The summed E-state index contributed by atoms with van der Waals surface area (Å²) >= 11 is 5.81. The molecule has 1 atom stereocenters. The van der Waals surface area contributed by atoms with Gasteiger partial charge in [0, 0.05) is 10.6 Å². The van der Waals surface area contributed by atoms with Crippen LogP contribution in [0.5, 0.6) is 0 Å². The predicted octanol–water partition coefficient (Wildman–Crippen LogP) is 2.96. The summed E-state index contributed by atoms with van der Waals surface area (Å²) in [6.07, 6.45) is -0.648. The van der Waals surface area contributed by atoms with E-state index in [0.717, 1.165) is 11.3 Å². The zero-order chi connectivity index (χ0) is 9.42. The Morgan fingerprint density at radius 3 is 3.08 bits per heavy atom. The summed E-state index contributed by atoms with van der Waals surface area (Å²) in [4.78, 5) is 11.0. The van der Waals surface area contributed by atoms with Crippen LogP contribution in [0.15, 0.2) is 18.2 Å². The number of halogens is 1. The van der Waals surface area contributed by atoms with Crippen LogP contribution in [-0.2, 0) is 4.74 Å². The summed E-state index contributed by atoms with van der Waals surface area (Å²) in [6, 6.07) is 5.30. The van der Waals surface area contributed by atoms with Crippen LogP contribution in [0, 0.1) is 0 Å².